The molecule has 26 heavy (non-hydrogen) atoms. The van der Waals surface area contributed by atoms with E-state index in [0.717, 1.165) is 29.5 Å². The van der Waals surface area contributed by atoms with E-state index in [1.807, 2.05) is 24.4 Å². The van der Waals surface area contributed by atoms with Gasteiger partial charge in [0.15, 0.2) is 17.4 Å². The van der Waals surface area contributed by atoms with Gasteiger partial charge < -0.3 is 14.6 Å². The highest BCUT2D eigenvalue weighted by atomic mass is 32.1. The lowest BCUT2D eigenvalue weighted by Crippen LogP contribution is -2.26. The number of nitrogens with zero attached hydrogens (tertiary/aromatic N) is 4. The van der Waals surface area contributed by atoms with Crippen molar-refractivity contribution in [1.82, 2.24) is 15.0 Å². The van der Waals surface area contributed by atoms with Crippen LogP contribution in [-0.4, -0.2) is 33.9 Å². The van der Waals surface area contributed by atoms with E-state index in [9.17, 15) is 4.79 Å². The summed E-state index contributed by atoms with van der Waals surface area (Å²) in [5.74, 6) is 2.02. The summed E-state index contributed by atoms with van der Waals surface area (Å²) in [7, 11) is 0. The third-order valence-electron chi connectivity index (χ3n) is 3.85. The third-order valence-corrected chi connectivity index (χ3v) is 4.63. The van der Waals surface area contributed by atoms with Gasteiger partial charge in [0.05, 0.1) is 0 Å². The highest BCUT2D eigenvalue weighted by molar-refractivity contribution is 7.13. The molecule has 1 amide bonds. The average molecular weight is 371 g/mol. The fourth-order valence-corrected chi connectivity index (χ4v) is 3.33. The van der Waals surface area contributed by atoms with E-state index in [0.29, 0.717) is 23.1 Å². The molecule has 3 aromatic rings. The Morgan fingerprint density at radius 2 is 2.04 bits per heavy atom. The van der Waals surface area contributed by atoms with Gasteiger partial charge in [-0.2, -0.15) is 0 Å². The van der Waals surface area contributed by atoms with Crippen LogP contribution in [0.1, 0.15) is 26.5 Å². The number of thiazole rings is 1. The normalized spacial score (nSPS) is 10.8. The van der Waals surface area contributed by atoms with Crippen molar-refractivity contribution in [2.24, 2.45) is 0 Å². The first-order chi connectivity index (χ1) is 12.5. The molecule has 3 rings (SSSR count). The van der Waals surface area contributed by atoms with E-state index in [1.54, 1.807) is 6.20 Å². The summed E-state index contributed by atoms with van der Waals surface area (Å²) >= 11 is 1.49. The molecule has 0 bridgehead atoms. The van der Waals surface area contributed by atoms with Crippen LogP contribution in [0, 0.1) is 6.92 Å². The summed E-state index contributed by atoms with van der Waals surface area (Å²) in [5, 5.41) is 5.52. The number of hydrogen-bond acceptors (Lipinski definition) is 7. The van der Waals surface area contributed by atoms with E-state index >= 15 is 0 Å². The average Bonchev–Trinajstić information content (AvgIpc) is 3.28. The van der Waals surface area contributed by atoms with E-state index in [2.05, 4.69) is 34.0 Å². The molecule has 0 saturated carbocycles. The molecule has 0 unspecified atom stereocenters. The number of anilines is 2. The molecular weight excluding hydrogens is 350 g/mol. The Labute approximate surface area is 156 Å². The van der Waals surface area contributed by atoms with Crippen LogP contribution < -0.4 is 10.2 Å². The van der Waals surface area contributed by atoms with Gasteiger partial charge in [-0.3, -0.25) is 4.79 Å². The van der Waals surface area contributed by atoms with Crippen molar-refractivity contribution in [1.29, 1.82) is 0 Å². The van der Waals surface area contributed by atoms with Gasteiger partial charge in [-0.1, -0.05) is 0 Å². The number of carbonyl (C=O) groups excluding carboxylic acids is 1. The van der Waals surface area contributed by atoms with Crippen LogP contribution in [0.15, 0.2) is 28.1 Å². The first kappa shape index (κ1) is 18.1. The van der Waals surface area contributed by atoms with Gasteiger partial charge in [0.2, 0.25) is 5.91 Å². The molecule has 3 heterocycles. The molecule has 0 aliphatic rings. The van der Waals surface area contributed by atoms with Gasteiger partial charge in [-0.15, -0.1) is 11.3 Å². The van der Waals surface area contributed by atoms with Crippen molar-refractivity contribution in [2.45, 2.75) is 27.7 Å². The molecule has 0 aromatic carbocycles. The topological polar surface area (TPSA) is 84.2 Å². The van der Waals surface area contributed by atoms with E-state index in [-0.39, 0.29) is 5.91 Å². The number of aryl methyl sites for hydroxylation is 1. The number of aromatic nitrogens is 3. The Bertz CT molecular complexity index is 900. The molecule has 0 spiro atoms. The molecule has 0 atom stereocenters. The second kappa shape index (κ2) is 7.65. The smallest absolute Gasteiger partial charge is 0.222 e. The Kier molecular flexibility index (Phi) is 5.32. The van der Waals surface area contributed by atoms with Crippen molar-refractivity contribution in [3.63, 3.8) is 0 Å². The van der Waals surface area contributed by atoms with Crippen molar-refractivity contribution in [3.05, 3.63) is 29.5 Å². The maximum absolute atomic E-state index is 11.8. The van der Waals surface area contributed by atoms with E-state index < -0.39 is 0 Å². The zero-order valence-electron chi connectivity index (χ0n) is 15.2. The Morgan fingerprint density at radius 3 is 2.58 bits per heavy atom. The lowest BCUT2D eigenvalue weighted by atomic mass is 10.2. The number of furan rings is 1. The highest BCUT2D eigenvalue weighted by Gasteiger charge is 2.23. The maximum Gasteiger partial charge on any atom is 0.222 e. The summed E-state index contributed by atoms with van der Waals surface area (Å²) in [6.45, 7) is 8.94. The molecular formula is C18H21N5O2S. The van der Waals surface area contributed by atoms with Gasteiger partial charge in [-0.05, 0) is 32.9 Å². The summed E-state index contributed by atoms with van der Waals surface area (Å²) in [4.78, 5) is 27.6. The van der Waals surface area contributed by atoms with Crippen molar-refractivity contribution in [2.75, 3.05) is 23.3 Å². The molecule has 8 heteroatoms. The van der Waals surface area contributed by atoms with Crippen molar-refractivity contribution in [3.8, 4) is 22.3 Å². The minimum Gasteiger partial charge on any atom is -0.458 e. The zero-order valence-corrected chi connectivity index (χ0v) is 16.1. The monoisotopic (exact) mass is 371 g/mol. The summed E-state index contributed by atoms with van der Waals surface area (Å²) in [6.07, 6.45) is 1.74. The van der Waals surface area contributed by atoms with Gasteiger partial charge in [0, 0.05) is 31.6 Å². The van der Waals surface area contributed by atoms with E-state index in [1.165, 1.54) is 18.3 Å². The molecule has 0 radical (unpaired) electrons. The Balaban J connectivity index is 2.27. The van der Waals surface area contributed by atoms with Crippen LogP contribution in [-0.2, 0) is 4.79 Å². The quantitative estimate of drug-likeness (QED) is 0.706. The third kappa shape index (κ3) is 3.60. The second-order valence-electron chi connectivity index (χ2n) is 5.69. The Morgan fingerprint density at radius 1 is 1.27 bits per heavy atom. The SMILES string of the molecule is CCN(CC)c1c(NC(C)=O)nc(-c2ccc(C)o2)nc1-c1nccs1. The minimum absolute atomic E-state index is 0.191. The van der Waals surface area contributed by atoms with Gasteiger partial charge >= 0.3 is 0 Å². The summed E-state index contributed by atoms with van der Waals surface area (Å²) in [6, 6.07) is 3.68. The minimum atomic E-state index is -0.191. The largest absolute Gasteiger partial charge is 0.458 e. The van der Waals surface area contributed by atoms with Crippen molar-refractivity contribution < 1.29 is 9.21 Å². The second-order valence-corrected chi connectivity index (χ2v) is 6.59. The lowest BCUT2D eigenvalue weighted by molar-refractivity contribution is -0.114. The number of rotatable bonds is 6. The molecule has 0 fully saturated rings. The molecule has 1 N–H and O–H groups in total. The van der Waals surface area contributed by atoms with Crippen LogP contribution in [0.25, 0.3) is 22.3 Å². The number of carbonyl (C=O) groups is 1. The zero-order chi connectivity index (χ0) is 18.7. The predicted molar refractivity (Wildman–Crippen MR) is 103 cm³/mol. The highest BCUT2D eigenvalue weighted by Crippen LogP contribution is 2.37. The molecule has 0 aliphatic carbocycles. The summed E-state index contributed by atoms with van der Waals surface area (Å²) in [5.41, 5.74) is 1.46. The molecule has 136 valence electrons. The molecule has 0 aliphatic heterocycles. The van der Waals surface area contributed by atoms with Crippen molar-refractivity contribution >= 4 is 28.7 Å². The standard InChI is InChI=1S/C18H21N5O2S/c1-5-23(6-2)15-14(18-19-9-10-26-18)21-16(13-8-7-11(3)25-13)22-17(15)20-12(4)24/h7-10H,5-6H2,1-4H3,(H,20,21,22,24). The number of nitrogens with one attached hydrogen (secondary N) is 1. The predicted octanol–water partition coefficient (Wildman–Crippen LogP) is 3.97. The molecule has 0 saturated heterocycles. The van der Waals surface area contributed by atoms with Gasteiger partial charge in [-0.25, -0.2) is 15.0 Å². The van der Waals surface area contributed by atoms with Crippen LogP contribution in [0.2, 0.25) is 0 Å². The summed E-state index contributed by atoms with van der Waals surface area (Å²) < 4.78 is 5.69. The van der Waals surface area contributed by atoms with E-state index in [4.69, 9.17) is 9.40 Å². The molecule has 7 nitrogen and oxygen atoms in total. The Hall–Kier alpha value is -2.74. The van der Waals surface area contributed by atoms with Crippen LogP contribution in [0.4, 0.5) is 11.5 Å². The maximum atomic E-state index is 11.8. The number of amides is 1. The van der Waals surface area contributed by atoms with Crippen LogP contribution >= 0.6 is 11.3 Å². The first-order valence-corrected chi connectivity index (χ1v) is 9.32. The van der Waals surface area contributed by atoms with Gasteiger partial charge in [0.25, 0.3) is 0 Å². The van der Waals surface area contributed by atoms with Gasteiger partial charge in [0.1, 0.15) is 22.1 Å². The number of hydrogen-bond donors (Lipinski definition) is 1. The fourth-order valence-electron chi connectivity index (χ4n) is 2.70. The fraction of sp³-hybridized carbons (Fsp3) is 0.333. The first-order valence-electron chi connectivity index (χ1n) is 8.44. The molecule has 3 aromatic heterocycles. The van der Waals surface area contributed by atoms with Crippen LogP contribution in [0.3, 0.4) is 0 Å². The van der Waals surface area contributed by atoms with Crippen LogP contribution in [0.5, 0.6) is 0 Å². The lowest BCUT2D eigenvalue weighted by Gasteiger charge is -2.25.